The molecule has 0 saturated heterocycles. The Morgan fingerprint density at radius 3 is 2.67 bits per heavy atom. The number of anilines is 1. The minimum atomic E-state index is -0.0408. The minimum Gasteiger partial charge on any atom is -0.495 e. The number of rotatable bonds is 2. The SMILES string of the molecule is COc1cccc(C(=O)N2CCc3ccccc3C2)c1N. The van der Waals surface area contributed by atoms with Gasteiger partial charge in [0.1, 0.15) is 5.75 Å². The number of fused-ring (bicyclic) bond motifs is 1. The highest BCUT2D eigenvalue weighted by atomic mass is 16.5. The molecule has 108 valence electrons. The number of nitrogens with two attached hydrogens (primary N) is 1. The standard InChI is InChI=1S/C17H18N2O2/c1-21-15-8-4-7-14(16(15)18)17(20)19-10-9-12-5-2-3-6-13(12)11-19/h2-8H,9-11,18H2,1H3. The topological polar surface area (TPSA) is 55.6 Å². The first-order valence-corrected chi connectivity index (χ1v) is 6.99. The van der Waals surface area contributed by atoms with E-state index in [1.54, 1.807) is 25.3 Å². The van der Waals surface area contributed by atoms with Crippen LogP contribution in [0.2, 0.25) is 0 Å². The summed E-state index contributed by atoms with van der Waals surface area (Å²) in [5, 5.41) is 0. The molecule has 4 heteroatoms. The van der Waals surface area contributed by atoms with Gasteiger partial charge in [0.2, 0.25) is 0 Å². The van der Waals surface area contributed by atoms with Gasteiger partial charge in [-0.2, -0.15) is 0 Å². The molecule has 0 aromatic heterocycles. The molecule has 2 N–H and O–H groups in total. The molecule has 1 aliphatic heterocycles. The molecule has 0 bridgehead atoms. The van der Waals surface area contributed by atoms with Crippen LogP contribution >= 0.6 is 0 Å². The first-order chi connectivity index (χ1) is 10.2. The molecule has 2 aromatic rings. The molecule has 0 fully saturated rings. The van der Waals surface area contributed by atoms with E-state index >= 15 is 0 Å². The minimum absolute atomic E-state index is 0.0408. The summed E-state index contributed by atoms with van der Waals surface area (Å²) in [5.41, 5.74) is 9.46. The number of methoxy groups -OCH3 is 1. The van der Waals surface area contributed by atoms with Crippen LogP contribution in [-0.4, -0.2) is 24.5 Å². The van der Waals surface area contributed by atoms with E-state index in [-0.39, 0.29) is 5.91 Å². The highest BCUT2D eigenvalue weighted by molar-refractivity contribution is 6.00. The van der Waals surface area contributed by atoms with Crippen molar-refractivity contribution in [3.8, 4) is 5.75 Å². The van der Waals surface area contributed by atoms with Crippen LogP contribution in [0, 0.1) is 0 Å². The number of nitrogens with zero attached hydrogens (tertiary/aromatic N) is 1. The highest BCUT2D eigenvalue weighted by Gasteiger charge is 2.23. The number of amides is 1. The van der Waals surface area contributed by atoms with Gasteiger partial charge in [-0.15, -0.1) is 0 Å². The van der Waals surface area contributed by atoms with Crippen LogP contribution in [0.15, 0.2) is 42.5 Å². The molecule has 0 radical (unpaired) electrons. The van der Waals surface area contributed by atoms with Crippen LogP contribution in [-0.2, 0) is 13.0 Å². The van der Waals surface area contributed by atoms with Crippen molar-refractivity contribution in [2.75, 3.05) is 19.4 Å². The van der Waals surface area contributed by atoms with Gasteiger partial charge in [-0.3, -0.25) is 4.79 Å². The Hall–Kier alpha value is -2.49. The molecule has 21 heavy (non-hydrogen) atoms. The molecule has 0 spiro atoms. The molecule has 1 amide bonds. The second-order valence-corrected chi connectivity index (χ2v) is 5.17. The van der Waals surface area contributed by atoms with Crippen molar-refractivity contribution < 1.29 is 9.53 Å². The van der Waals surface area contributed by atoms with Crippen LogP contribution in [0.4, 0.5) is 5.69 Å². The summed E-state index contributed by atoms with van der Waals surface area (Å²) in [6, 6.07) is 13.5. The second kappa shape index (κ2) is 5.48. The maximum Gasteiger partial charge on any atom is 0.256 e. The fourth-order valence-corrected chi connectivity index (χ4v) is 2.75. The summed E-state index contributed by atoms with van der Waals surface area (Å²) < 4.78 is 5.18. The number of nitrogen functional groups attached to an aromatic ring is 1. The van der Waals surface area contributed by atoms with Crippen molar-refractivity contribution in [1.29, 1.82) is 0 Å². The lowest BCUT2D eigenvalue weighted by molar-refractivity contribution is 0.0735. The molecular weight excluding hydrogens is 264 g/mol. The third-order valence-corrected chi connectivity index (χ3v) is 3.93. The number of para-hydroxylation sites is 1. The monoisotopic (exact) mass is 282 g/mol. The third-order valence-electron chi connectivity index (χ3n) is 3.93. The number of hydrogen-bond acceptors (Lipinski definition) is 3. The zero-order valence-corrected chi connectivity index (χ0v) is 12.0. The summed E-state index contributed by atoms with van der Waals surface area (Å²) in [4.78, 5) is 14.5. The zero-order chi connectivity index (χ0) is 14.8. The molecule has 1 heterocycles. The normalized spacial score (nSPS) is 13.7. The summed E-state index contributed by atoms with van der Waals surface area (Å²) in [5.74, 6) is 0.499. The van der Waals surface area contributed by atoms with Gasteiger partial charge in [0.05, 0.1) is 18.4 Å². The van der Waals surface area contributed by atoms with Gasteiger partial charge in [0.15, 0.2) is 0 Å². The molecular formula is C17H18N2O2. The largest absolute Gasteiger partial charge is 0.495 e. The Bertz CT molecular complexity index is 682. The molecule has 3 rings (SSSR count). The van der Waals surface area contributed by atoms with Crippen LogP contribution in [0.5, 0.6) is 5.75 Å². The van der Waals surface area contributed by atoms with Crippen molar-refractivity contribution in [1.82, 2.24) is 4.90 Å². The summed E-state index contributed by atoms with van der Waals surface area (Å²) in [6.07, 6.45) is 0.881. The number of ether oxygens (including phenoxy) is 1. The summed E-state index contributed by atoms with van der Waals surface area (Å²) in [6.45, 7) is 1.35. The Morgan fingerprint density at radius 1 is 1.14 bits per heavy atom. The number of carbonyl (C=O) groups excluding carboxylic acids is 1. The number of carbonyl (C=O) groups is 1. The van der Waals surface area contributed by atoms with Gasteiger partial charge >= 0.3 is 0 Å². The van der Waals surface area contributed by atoms with E-state index in [4.69, 9.17) is 10.5 Å². The van der Waals surface area contributed by atoms with E-state index < -0.39 is 0 Å². The lowest BCUT2D eigenvalue weighted by Gasteiger charge is -2.29. The van der Waals surface area contributed by atoms with Crippen molar-refractivity contribution in [3.05, 3.63) is 59.2 Å². The Balaban J connectivity index is 1.87. The fourth-order valence-electron chi connectivity index (χ4n) is 2.75. The molecule has 4 nitrogen and oxygen atoms in total. The Labute approximate surface area is 124 Å². The first kappa shape index (κ1) is 13.5. The smallest absolute Gasteiger partial charge is 0.256 e. The number of benzene rings is 2. The van der Waals surface area contributed by atoms with E-state index in [0.29, 0.717) is 30.1 Å². The second-order valence-electron chi connectivity index (χ2n) is 5.17. The average Bonchev–Trinajstić information content (AvgIpc) is 2.54. The van der Waals surface area contributed by atoms with E-state index in [1.807, 2.05) is 17.0 Å². The van der Waals surface area contributed by atoms with Gasteiger partial charge in [-0.1, -0.05) is 30.3 Å². The predicted molar refractivity (Wildman–Crippen MR) is 82.3 cm³/mol. The van der Waals surface area contributed by atoms with E-state index in [9.17, 15) is 4.79 Å². The van der Waals surface area contributed by atoms with Crippen LogP contribution in [0.1, 0.15) is 21.5 Å². The van der Waals surface area contributed by atoms with Gasteiger partial charge in [0, 0.05) is 13.1 Å². The molecule has 1 aliphatic rings. The lowest BCUT2D eigenvalue weighted by Crippen LogP contribution is -2.36. The van der Waals surface area contributed by atoms with Gasteiger partial charge in [-0.25, -0.2) is 0 Å². The van der Waals surface area contributed by atoms with Crippen molar-refractivity contribution in [2.45, 2.75) is 13.0 Å². The maximum absolute atomic E-state index is 12.7. The first-order valence-electron chi connectivity index (χ1n) is 6.99. The number of hydrogen-bond donors (Lipinski definition) is 1. The van der Waals surface area contributed by atoms with Crippen LogP contribution in [0.3, 0.4) is 0 Å². The lowest BCUT2D eigenvalue weighted by atomic mass is 9.99. The Morgan fingerprint density at radius 2 is 1.90 bits per heavy atom. The fraction of sp³-hybridized carbons (Fsp3) is 0.235. The molecule has 0 saturated carbocycles. The van der Waals surface area contributed by atoms with E-state index in [0.717, 1.165) is 6.42 Å². The zero-order valence-electron chi connectivity index (χ0n) is 12.0. The molecule has 0 aliphatic carbocycles. The van der Waals surface area contributed by atoms with E-state index in [2.05, 4.69) is 12.1 Å². The van der Waals surface area contributed by atoms with Crippen molar-refractivity contribution >= 4 is 11.6 Å². The van der Waals surface area contributed by atoms with Gasteiger partial charge in [0.25, 0.3) is 5.91 Å². The van der Waals surface area contributed by atoms with E-state index in [1.165, 1.54) is 11.1 Å². The summed E-state index contributed by atoms with van der Waals surface area (Å²) >= 11 is 0. The quantitative estimate of drug-likeness (QED) is 0.861. The van der Waals surface area contributed by atoms with Crippen molar-refractivity contribution in [2.24, 2.45) is 0 Å². The van der Waals surface area contributed by atoms with Crippen LogP contribution < -0.4 is 10.5 Å². The molecule has 2 aromatic carbocycles. The van der Waals surface area contributed by atoms with Crippen molar-refractivity contribution in [3.63, 3.8) is 0 Å². The highest BCUT2D eigenvalue weighted by Crippen LogP contribution is 2.27. The Kier molecular flexibility index (Phi) is 3.52. The van der Waals surface area contributed by atoms with Gasteiger partial charge in [-0.05, 0) is 29.7 Å². The molecule has 0 unspecified atom stereocenters. The maximum atomic E-state index is 12.7. The predicted octanol–water partition coefficient (Wildman–Crippen LogP) is 2.48. The molecule has 0 atom stereocenters. The average molecular weight is 282 g/mol. The van der Waals surface area contributed by atoms with Crippen LogP contribution in [0.25, 0.3) is 0 Å². The summed E-state index contributed by atoms with van der Waals surface area (Å²) in [7, 11) is 1.55. The van der Waals surface area contributed by atoms with Gasteiger partial charge < -0.3 is 15.4 Å². The third kappa shape index (κ3) is 2.44.